The zero-order chi connectivity index (χ0) is 17.3. The highest BCUT2D eigenvalue weighted by atomic mass is 79.9. The lowest BCUT2D eigenvalue weighted by Crippen LogP contribution is -2.36. The zero-order valence-electron chi connectivity index (χ0n) is 13.2. The zero-order valence-corrected chi connectivity index (χ0v) is 16.4. The summed E-state index contributed by atoms with van der Waals surface area (Å²) in [5.41, 5.74) is 2.50. The predicted molar refractivity (Wildman–Crippen MR) is 102 cm³/mol. The van der Waals surface area contributed by atoms with Crippen molar-refractivity contribution in [2.75, 3.05) is 0 Å². The van der Waals surface area contributed by atoms with Crippen LogP contribution in [0.15, 0.2) is 34.5 Å². The molecule has 0 radical (unpaired) electrons. The molecule has 0 spiro atoms. The lowest BCUT2D eigenvalue weighted by Gasteiger charge is -2.29. The van der Waals surface area contributed by atoms with Crippen LogP contribution in [0, 0.1) is 0 Å². The van der Waals surface area contributed by atoms with Gasteiger partial charge in [0.2, 0.25) is 0 Å². The van der Waals surface area contributed by atoms with E-state index in [0.29, 0.717) is 29.7 Å². The molecule has 0 amide bonds. The molecular weight excluding hydrogens is 408 g/mol. The lowest BCUT2D eigenvalue weighted by molar-refractivity contribution is 0.0701. The number of carbonyl (C=O) groups is 2. The Kier molecular flexibility index (Phi) is 5.18. The minimum absolute atomic E-state index is 0.0329. The summed E-state index contributed by atoms with van der Waals surface area (Å²) >= 11 is 6.40. The highest BCUT2D eigenvalue weighted by molar-refractivity contribution is 9.10. The largest absolute Gasteiger partial charge is 0.477 e. The Morgan fingerprint density at radius 1 is 1.38 bits per heavy atom. The van der Waals surface area contributed by atoms with E-state index >= 15 is 0 Å². The first-order chi connectivity index (χ1) is 11.5. The van der Waals surface area contributed by atoms with Crippen LogP contribution in [0.3, 0.4) is 0 Å². The van der Waals surface area contributed by atoms with Gasteiger partial charge in [-0.3, -0.25) is 4.79 Å². The highest BCUT2D eigenvalue weighted by Gasteiger charge is 2.43. The van der Waals surface area contributed by atoms with Crippen molar-refractivity contribution in [2.45, 2.75) is 40.5 Å². The first-order valence-corrected chi connectivity index (χ1v) is 10.3. The number of hydrogen-bond donors (Lipinski definition) is 1. The van der Waals surface area contributed by atoms with Crippen LogP contribution < -0.4 is 0 Å². The third-order valence-corrected chi connectivity index (χ3v) is 8.23. The second kappa shape index (κ2) is 7.02. The molecule has 0 aliphatic heterocycles. The first kappa shape index (κ1) is 17.7. The van der Waals surface area contributed by atoms with Gasteiger partial charge in [-0.15, -0.1) is 23.1 Å². The Labute approximate surface area is 157 Å². The van der Waals surface area contributed by atoms with Crippen molar-refractivity contribution in [2.24, 2.45) is 0 Å². The third kappa shape index (κ3) is 3.19. The number of Topliss-reactive ketones (excluding diaryl/α,β-unsaturated/α-hetero) is 1. The van der Waals surface area contributed by atoms with Gasteiger partial charge < -0.3 is 5.11 Å². The van der Waals surface area contributed by atoms with Gasteiger partial charge in [0.15, 0.2) is 5.78 Å². The number of thioether (sulfide) groups is 1. The Morgan fingerprint density at radius 3 is 2.71 bits per heavy atom. The van der Waals surface area contributed by atoms with Crippen LogP contribution in [0.4, 0.5) is 0 Å². The van der Waals surface area contributed by atoms with Crippen molar-refractivity contribution in [3.05, 3.63) is 51.9 Å². The number of carbonyl (C=O) groups excluding carboxylic acids is 1. The molecule has 1 atom stereocenters. The fourth-order valence-corrected chi connectivity index (χ4v) is 5.73. The smallest absolute Gasteiger partial charge is 0.346 e. The molecule has 0 saturated carbocycles. The monoisotopic (exact) mass is 424 g/mol. The summed E-state index contributed by atoms with van der Waals surface area (Å²) in [6.45, 7) is 1.99. The molecule has 0 bridgehead atoms. The number of halogens is 1. The molecule has 3 rings (SSSR count). The number of ketones is 1. The van der Waals surface area contributed by atoms with Crippen molar-refractivity contribution in [1.29, 1.82) is 0 Å². The van der Waals surface area contributed by atoms with Crippen LogP contribution in [0.2, 0.25) is 0 Å². The van der Waals surface area contributed by atoms with Gasteiger partial charge >= 0.3 is 5.97 Å². The summed E-state index contributed by atoms with van der Waals surface area (Å²) in [4.78, 5) is 24.9. The lowest BCUT2D eigenvalue weighted by atomic mass is 9.82. The molecule has 1 aliphatic carbocycles. The molecule has 0 saturated heterocycles. The van der Waals surface area contributed by atoms with Crippen molar-refractivity contribution >= 4 is 50.8 Å². The van der Waals surface area contributed by atoms with Gasteiger partial charge in [0.25, 0.3) is 0 Å². The number of rotatable bonds is 5. The molecule has 24 heavy (non-hydrogen) atoms. The molecule has 6 heteroatoms. The van der Waals surface area contributed by atoms with Gasteiger partial charge in [0.05, 0.1) is 8.53 Å². The number of benzene rings is 1. The average Bonchev–Trinajstić information content (AvgIpc) is 2.97. The van der Waals surface area contributed by atoms with E-state index in [1.807, 2.05) is 37.3 Å². The summed E-state index contributed by atoms with van der Waals surface area (Å²) in [5, 5.41) is 9.49. The van der Waals surface area contributed by atoms with E-state index < -0.39 is 10.3 Å². The van der Waals surface area contributed by atoms with E-state index in [2.05, 4.69) is 15.9 Å². The molecular formula is C18H17BrO3S2. The fraction of sp³-hybridized carbons (Fsp3) is 0.333. The van der Waals surface area contributed by atoms with Crippen molar-refractivity contribution in [1.82, 2.24) is 0 Å². The van der Waals surface area contributed by atoms with E-state index in [4.69, 9.17) is 0 Å². The summed E-state index contributed by atoms with van der Waals surface area (Å²) in [5.74, 6) is -0.179. The summed E-state index contributed by atoms with van der Waals surface area (Å²) in [7, 11) is 0. The maximum absolute atomic E-state index is 13.0. The van der Waals surface area contributed by atoms with Crippen LogP contribution >= 0.6 is 39.0 Å². The number of fused-ring (bicyclic) bond motifs is 1. The molecule has 1 aromatic heterocycles. The van der Waals surface area contributed by atoms with E-state index in [-0.39, 0.29) is 5.78 Å². The van der Waals surface area contributed by atoms with Crippen LogP contribution in [-0.2, 0) is 12.2 Å². The van der Waals surface area contributed by atoms with Crippen LogP contribution in [0.1, 0.15) is 50.9 Å². The van der Waals surface area contributed by atoms with Crippen LogP contribution in [0.5, 0.6) is 0 Å². The fourth-order valence-electron chi connectivity index (χ4n) is 2.91. The Bertz CT molecular complexity index is 785. The molecule has 1 aliphatic rings. The number of carboxylic acids is 1. The van der Waals surface area contributed by atoms with Crippen molar-refractivity contribution < 1.29 is 14.7 Å². The number of alkyl halides is 1. The maximum atomic E-state index is 13.0. The quantitative estimate of drug-likeness (QED) is 0.514. The standard InChI is InChI=1S/C18H17BrO3S2/c1-2-18(19)9-8-12-13(15(18)20)17(24-14(12)16(21)22)23-10-11-6-4-3-5-7-11/h3-7H,2,8-10H2,1H3,(H,21,22). The number of aromatic carboxylic acids is 1. The molecule has 1 N–H and O–H groups in total. The first-order valence-electron chi connectivity index (χ1n) is 7.75. The molecule has 3 nitrogen and oxygen atoms in total. The topological polar surface area (TPSA) is 54.4 Å². The third-order valence-electron chi connectivity index (χ3n) is 4.35. The Hall–Kier alpha value is -1.11. The normalized spacial score (nSPS) is 20.0. The molecule has 1 aromatic carbocycles. The highest BCUT2D eigenvalue weighted by Crippen LogP contribution is 2.46. The Morgan fingerprint density at radius 2 is 2.08 bits per heavy atom. The number of thiophene rings is 1. The molecule has 1 unspecified atom stereocenters. The Balaban J connectivity index is 1.98. The number of hydrogen-bond acceptors (Lipinski definition) is 4. The molecule has 1 heterocycles. The second-order valence-corrected chi connectivity index (χ2v) is 9.58. The maximum Gasteiger partial charge on any atom is 0.346 e. The van der Waals surface area contributed by atoms with Crippen LogP contribution in [0.25, 0.3) is 0 Å². The van der Waals surface area contributed by atoms with E-state index in [1.165, 1.54) is 11.3 Å². The van der Waals surface area contributed by atoms with Gasteiger partial charge in [-0.25, -0.2) is 4.79 Å². The second-order valence-electron chi connectivity index (χ2n) is 5.80. The van der Waals surface area contributed by atoms with E-state index in [9.17, 15) is 14.7 Å². The van der Waals surface area contributed by atoms with Gasteiger partial charge in [0.1, 0.15) is 4.88 Å². The van der Waals surface area contributed by atoms with Gasteiger partial charge in [-0.2, -0.15) is 0 Å². The van der Waals surface area contributed by atoms with Gasteiger partial charge in [0, 0.05) is 11.3 Å². The summed E-state index contributed by atoms with van der Waals surface area (Å²) in [6, 6.07) is 10.00. The van der Waals surface area contributed by atoms with E-state index in [0.717, 1.165) is 21.1 Å². The predicted octanol–water partition coefficient (Wildman–Crippen LogP) is 5.41. The van der Waals surface area contributed by atoms with Gasteiger partial charge in [-0.1, -0.05) is 53.2 Å². The molecule has 0 fully saturated rings. The molecule has 126 valence electrons. The van der Waals surface area contributed by atoms with Crippen LogP contribution in [-0.4, -0.2) is 21.2 Å². The minimum atomic E-state index is -0.936. The SMILES string of the molecule is CCC1(Br)CCc2c(C(=O)O)sc(SCc3ccccc3)c2C1=O. The summed E-state index contributed by atoms with van der Waals surface area (Å²) < 4.78 is 0.270. The van der Waals surface area contributed by atoms with E-state index in [1.54, 1.807) is 11.8 Å². The van der Waals surface area contributed by atoms with Gasteiger partial charge in [-0.05, 0) is 30.4 Å². The van der Waals surface area contributed by atoms with Crippen molar-refractivity contribution in [3.8, 4) is 0 Å². The van der Waals surface area contributed by atoms with Crippen molar-refractivity contribution in [3.63, 3.8) is 0 Å². The average molecular weight is 425 g/mol. The minimum Gasteiger partial charge on any atom is -0.477 e. The number of carboxylic acid groups (broad SMARTS) is 1. The summed E-state index contributed by atoms with van der Waals surface area (Å²) in [6.07, 6.45) is 1.98. The molecule has 2 aromatic rings.